The Bertz CT molecular complexity index is 539. The first-order chi connectivity index (χ1) is 10.9. The van der Waals surface area contributed by atoms with E-state index in [0.717, 1.165) is 17.3 Å². The lowest BCUT2D eigenvalue weighted by Crippen LogP contribution is -2.50. The van der Waals surface area contributed by atoms with Crippen molar-refractivity contribution in [2.75, 3.05) is 31.6 Å². The van der Waals surface area contributed by atoms with Crippen molar-refractivity contribution in [2.24, 2.45) is 5.92 Å². The second-order valence-electron chi connectivity index (χ2n) is 6.71. The molecular weight excluding hydrogens is 292 g/mol. The molecule has 2 heterocycles. The summed E-state index contributed by atoms with van der Waals surface area (Å²) in [6.45, 7) is 12.7. The first-order valence-corrected chi connectivity index (χ1v) is 8.37. The van der Waals surface area contributed by atoms with E-state index >= 15 is 0 Å². The summed E-state index contributed by atoms with van der Waals surface area (Å²) in [5, 5.41) is 3.33. The van der Waals surface area contributed by atoms with Crippen LogP contribution in [0.1, 0.15) is 45.1 Å². The van der Waals surface area contributed by atoms with Crippen LogP contribution in [-0.4, -0.2) is 53.1 Å². The second-order valence-corrected chi connectivity index (χ2v) is 6.71. The minimum atomic E-state index is -0.289. The molecule has 0 aromatic carbocycles. The highest BCUT2D eigenvalue weighted by Gasteiger charge is 2.28. The SMILES string of the molecule is Cc1cc(NC(C(=O)N2CCOCC2)C(C)C)nc(C(C)C)n1. The number of nitrogens with zero attached hydrogens (tertiary/aromatic N) is 3. The number of carbonyl (C=O) groups is 1. The highest BCUT2D eigenvalue weighted by molar-refractivity contribution is 5.84. The number of amides is 1. The van der Waals surface area contributed by atoms with Gasteiger partial charge >= 0.3 is 0 Å². The minimum absolute atomic E-state index is 0.116. The van der Waals surface area contributed by atoms with Gasteiger partial charge in [0.25, 0.3) is 0 Å². The van der Waals surface area contributed by atoms with E-state index in [0.29, 0.717) is 26.3 Å². The fourth-order valence-electron chi connectivity index (χ4n) is 2.58. The molecule has 1 fully saturated rings. The zero-order valence-corrected chi connectivity index (χ0v) is 14.8. The summed E-state index contributed by atoms with van der Waals surface area (Å²) in [7, 11) is 0. The number of nitrogens with one attached hydrogen (secondary N) is 1. The molecule has 0 saturated carbocycles. The maximum atomic E-state index is 12.8. The maximum Gasteiger partial charge on any atom is 0.245 e. The number of ether oxygens (including phenoxy) is 1. The largest absolute Gasteiger partial charge is 0.378 e. The molecule has 1 aliphatic rings. The van der Waals surface area contributed by atoms with E-state index in [-0.39, 0.29) is 23.8 Å². The van der Waals surface area contributed by atoms with Crippen molar-refractivity contribution in [3.63, 3.8) is 0 Å². The Balaban J connectivity index is 2.17. The molecule has 2 rings (SSSR count). The van der Waals surface area contributed by atoms with Crippen LogP contribution in [0, 0.1) is 12.8 Å². The van der Waals surface area contributed by atoms with Crippen LogP contribution in [0.15, 0.2) is 6.07 Å². The average molecular weight is 320 g/mol. The normalized spacial score (nSPS) is 16.7. The van der Waals surface area contributed by atoms with Gasteiger partial charge in [-0.3, -0.25) is 4.79 Å². The van der Waals surface area contributed by atoms with E-state index in [1.807, 2.05) is 31.7 Å². The summed E-state index contributed by atoms with van der Waals surface area (Å²) in [6.07, 6.45) is 0. The maximum absolute atomic E-state index is 12.8. The minimum Gasteiger partial charge on any atom is -0.378 e. The Morgan fingerprint density at radius 2 is 1.87 bits per heavy atom. The van der Waals surface area contributed by atoms with Gasteiger partial charge in [-0.05, 0) is 12.8 Å². The van der Waals surface area contributed by atoms with Gasteiger partial charge in [-0.1, -0.05) is 27.7 Å². The molecule has 1 aromatic rings. The summed E-state index contributed by atoms with van der Waals surface area (Å²) < 4.78 is 5.33. The van der Waals surface area contributed by atoms with Crippen LogP contribution in [-0.2, 0) is 9.53 Å². The number of hydrogen-bond donors (Lipinski definition) is 1. The highest BCUT2D eigenvalue weighted by atomic mass is 16.5. The third-order valence-electron chi connectivity index (χ3n) is 3.95. The molecule has 1 saturated heterocycles. The molecule has 6 heteroatoms. The second kappa shape index (κ2) is 7.73. The van der Waals surface area contributed by atoms with E-state index < -0.39 is 0 Å². The van der Waals surface area contributed by atoms with Crippen molar-refractivity contribution in [2.45, 2.75) is 46.6 Å². The number of hydrogen-bond acceptors (Lipinski definition) is 5. The Morgan fingerprint density at radius 3 is 2.43 bits per heavy atom. The molecule has 1 aliphatic heterocycles. The highest BCUT2D eigenvalue weighted by Crippen LogP contribution is 2.17. The van der Waals surface area contributed by atoms with Crippen molar-refractivity contribution < 1.29 is 9.53 Å². The standard InChI is InChI=1S/C17H28N4O2/c1-11(2)15(17(22)21-6-8-23-9-7-21)19-14-10-13(5)18-16(20-14)12(3)4/h10-12,15H,6-9H2,1-5H3,(H,18,19,20). The number of aryl methyl sites for hydroxylation is 1. The molecule has 0 aliphatic carbocycles. The van der Waals surface area contributed by atoms with Gasteiger partial charge in [0.1, 0.15) is 17.7 Å². The lowest BCUT2D eigenvalue weighted by Gasteiger charge is -2.32. The molecule has 0 spiro atoms. The van der Waals surface area contributed by atoms with Crippen molar-refractivity contribution in [1.82, 2.24) is 14.9 Å². The number of carbonyl (C=O) groups excluding carboxylic acids is 1. The molecule has 1 atom stereocenters. The van der Waals surface area contributed by atoms with Gasteiger partial charge in [0, 0.05) is 30.8 Å². The van der Waals surface area contributed by atoms with Crippen molar-refractivity contribution in [3.05, 3.63) is 17.6 Å². The van der Waals surface area contributed by atoms with Gasteiger partial charge in [-0.25, -0.2) is 9.97 Å². The number of aromatic nitrogens is 2. The fraction of sp³-hybridized carbons (Fsp3) is 0.706. The zero-order chi connectivity index (χ0) is 17.0. The van der Waals surface area contributed by atoms with E-state index in [1.54, 1.807) is 0 Å². The van der Waals surface area contributed by atoms with Gasteiger partial charge in [-0.2, -0.15) is 0 Å². The molecule has 0 radical (unpaired) electrons. The van der Waals surface area contributed by atoms with Crippen LogP contribution < -0.4 is 5.32 Å². The van der Waals surface area contributed by atoms with Crippen LogP contribution in [0.3, 0.4) is 0 Å². The first kappa shape index (κ1) is 17.7. The van der Waals surface area contributed by atoms with Crippen molar-refractivity contribution in [3.8, 4) is 0 Å². The lowest BCUT2D eigenvalue weighted by atomic mass is 10.0. The molecule has 1 aromatic heterocycles. The molecule has 0 bridgehead atoms. The predicted octanol–water partition coefficient (Wildman–Crippen LogP) is 2.20. The Hall–Kier alpha value is -1.69. The van der Waals surface area contributed by atoms with Crippen LogP contribution >= 0.6 is 0 Å². The zero-order valence-electron chi connectivity index (χ0n) is 14.8. The van der Waals surface area contributed by atoms with Crippen molar-refractivity contribution >= 4 is 11.7 Å². The summed E-state index contributed by atoms with van der Waals surface area (Å²) in [4.78, 5) is 23.7. The quantitative estimate of drug-likeness (QED) is 0.901. The summed E-state index contributed by atoms with van der Waals surface area (Å²) in [5.41, 5.74) is 0.910. The molecular formula is C17H28N4O2. The van der Waals surface area contributed by atoms with E-state index in [2.05, 4.69) is 29.1 Å². The smallest absolute Gasteiger partial charge is 0.245 e. The Labute approximate surface area is 138 Å². The third-order valence-corrected chi connectivity index (χ3v) is 3.95. The van der Waals surface area contributed by atoms with Gasteiger partial charge in [0.2, 0.25) is 5.91 Å². The molecule has 1 N–H and O–H groups in total. The Morgan fingerprint density at radius 1 is 1.22 bits per heavy atom. The van der Waals surface area contributed by atoms with Crippen molar-refractivity contribution in [1.29, 1.82) is 0 Å². The molecule has 23 heavy (non-hydrogen) atoms. The van der Waals surface area contributed by atoms with Crippen LogP contribution in [0.25, 0.3) is 0 Å². The van der Waals surface area contributed by atoms with Gasteiger partial charge in [-0.15, -0.1) is 0 Å². The lowest BCUT2D eigenvalue weighted by molar-refractivity contribution is -0.137. The molecule has 128 valence electrons. The van der Waals surface area contributed by atoms with Crippen LogP contribution in [0.2, 0.25) is 0 Å². The summed E-state index contributed by atoms with van der Waals surface area (Å²) >= 11 is 0. The molecule has 6 nitrogen and oxygen atoms in total. The Kier molecular flexibility index (Phi) is 5.93. The van der Waals surface area contributed by atoms with Crippen LogP contribution in [0.4, 0.5) is 5.82 Å². The summed E-state index contributed by atoms with van der Waals surface area (Å²) in [6, 6.07) is 1.61. The number of anilines is 1. The number of rotatable bonds is 5. The van der Waals surface area contributed by atoms with Crippen LogP contribution in [0.5, 0.6) is 0 Å². The third kappa shape index (κ3) is 4.64. The topological polar surface area (TPSA) is 67.4 Å². The monoisotopic (exact) mass is 320 g/mol. The predicted molar refractivity (Wildman–Crippen MR) is 90.5 cm³/mol. The van der Waals surface area contributed by atoms with E-state index in [4.69, 9.17) is 4.74 Å². The van der Waals surface area contributed by atoms with E-state index in [9.17, 15) is 4.79 Å². The summed E-state index contributed by atoms with van der Waals surface area (Å²) in [5.74, 6) is 2.06. The molecule has 1 unspecified atom stereocenters. The van der Waals surface area contributed by atoms with Gasteiger partial charge < -0.3 is 15.0 Å². The first-order valence-electron chi connectivity index (χ1n) is 8.37. The average Bonchev–Trinajstić information content (AvgIpc) is 2.52. The fourth-order valence-corrected chi connectivity index (χ4v) is 2.58. The van der Waals surface area contributed by atoms with Gasteiger partial charge in [0.05, 0.1) is 13.2 Å². The van der Waals surface area contributed by atoms with E-state index in [1.165, 1.54) is 0 Å². The number of morpholine rings is 1. The van der Waals surface area contributed by atoms with Gasteiger partial charge in [0.15, 0.2) is 0 Å². The molecule has 1 amide bonds.